The van der Waals surface area contributed by atoms with Crippen LogP contribution < -0.4 is 10.0 Å². The average molecular weight is 368 g/mol. The van der Waals surface area contributed by atoms with Crippen LogP contribution in [0.1, 0.15) is 16.7 Å². The molecular weight excluding hydrogens is 348 g/mol. The number of nitrogens with zero attached hydrogens (tertiary/aromatic N) is 2. The molecule has 2 aromatic carbocycles. The lowest BCUT2D eigenvalue weighted by atomic mass is 10.1. The van der Waals surface area contributed by atoms with E-state index in [4.69, 9.17) is 0 Å². The van der Waals surface area contributed by atoms with E-state index in [0.717, 1.165) is 22.4 Å². The number of hydrogen-bond donors (Lipinski definition) is 2. The van der Waals surface area contributed by atoms with Crippen molar-refractivity contribution >= 4 is 27.3 Å². The van der Waals surface area contributed by atoms with Crippen molar-refractivity contribution in [1.29, 1.82) is 0 Å². The molecule has 0 saturated carbocycles. The predicted molar refractivity (Wildman–Crippen MR) is 103 cm³/mol. The summed E-state index contributed by atoms with van der Waals surface area (Å²) in [6, 6.07) is 16.0. The molecule has 6 nitrogen and oxygen atoms in total. The molecule has 26 heavy (non-hydrogen) atoms. The first-order valence-corrected chi connectivity index (χ1v) is 9.59. The lowest BCUT2D eigenvalue weighted by molar-refractivity contribution is 0.601. The van der Waals surface area contributed by atoms with Crippen molar-refractivity contribution in [2.75, 3.05) is 10.0 Å². The zero-order chi connectivity index (χ0) is 18.7. The number of hydrogen-bond acceptors (Lipinski definition) is 5. The third-order valence-corrected chi connectivity index (χ3v) is 5.05. The van der Waals surface area contributed by atoms with Crippen LogP contribution in [-0.2, 0) is 10.0 Å². The van der Waals surface area contributed by atoms with Crippen LogP contribution in [0.3, 0.4) is 0 Å². The van der Waals surface area contributed by atoms with Gasteiger partial charge in [0, 0.05) is 5.69 Å². The highest BCUT2D eigenvalue weighted by Gasteiger charge is 2.15. The van der Waals surface area contributed by atoms with Gasteiger partial charge in [0.2, 0.25) is 0 Å². The molecule has 3 rings (SSSR count). The van der Waals surface area contributed by atoms with Gasteiger partial charge in [0.05, 0.1) is 4.90 Å². The average Bonchev–Trinajstić information content (AvgIpc) is 2.55. The summed E-state index contributed by atoms with van der Waals surface area (Å²) in [5, 5.41) is 11.2. The van der Waals surface area contributed by atoms with Crippen LogP contribution in [0.2, 0.25) is 0 Å². The predicted octanol–water partition coefficient (Wildman–Crippen LogP) is 3.95. The van der Waals surface area contributed by atoms with Crippen molar-refractivity contribution in [2.45, 2.75) is 25.7 Å². The van der Waals surface area contributed by atoms with Gasteiger partial charge in [-0.15, -0.1) is 10.2 Å². The van der Waals surface area contributed by atoms with Crippen molar-refractivity contribution in [3.8, 4) is 0 Å². The molecule has 0 radical (unpaired) electrons. The van der Waals surface area contributed by atoms with E-state index in [1.165, 1.54) is 0 Å². The molecule has 134 valence electrons. The number of benzene rings is 2. The number of aryl methyl sites for hydroxylation is 3. The number of anilines is 3. The molecule has 3 aromatic rings. The normalized spacial score (nSPS) is 11.2. The number of sulfonamides is 1. The molecule has 0 spiro atoms. The monoisotopic (exact) mass is 368 g/mol. The number of aromatic nitrogens is 2. The maximum absolute atomic E-state index is 12.4. The van der Waals surface area contributed by atoms with E-state index in [1.807, 2.05) is 39.0 Å². The molecule has 0 aliphatic carbocycles. The second-order valence-electron chi connectivity index (χ2n) is 6.23. The SMILES string of the molecule is Cc1cc(C)cc(Nc2ccc(NS(=O)(=O)c3cccc(C)c3)nn2)c1. The van der Waals surface area contributed by atoms with Crippen LogP contribution in [0, 0.1) is 20.8 Å². The van der Waals surface area contributed by atoms with Crippen molar-refractivity contribution in [3.05, 3.63) is 71.3 Å². The van der Waals surface area contributed by atoms with E-state index in [-0.39, 0.29) is 10.7 Å². The molecule has 0 amide bonds. The van der Waals surface area contributed by atoms with Crippen LogP contribution in [-0.4, -0.2) is 18.6 Å². The summed E-state index contributed by atoms with van der Waals surface area (Å²) in [6.07, 6.45) is 0. The lowest BCUT2D eigenvalue weighted by Crippen LogP contribution is -2.14. The fourth-order valence-corrected chi connectivity index (χ4v) is 3.73. The molecule has 2 N–H and O–H groups in total. The fraction of sp³-hybridized carbons (Fsp3) is 0.158. The second-order valence-corrected chi connectivity index (χ2v) is 7.91. The van der Waals surface area contributed by atoms with E-state index < -0.39 is 10.0 Å². The van der Waals surface area contributed by atoms with Gasteiger partial charge in [0.15, 0.2) is 11.6 Å². The topological polar surface area (TPSA) is 84.0 Å². The summed E-state index contributed by atoms with van der Waals surface area (Å²) in [7, 11) is -3.69. The number of rotatable bonds is 5. The minimum atomic E-state index is -3.69. The Labute approximate surface area is 153 Å². The molecule has 0 fully saturated rings. The van der Waals surface area contributed by atoms with Crippen molar-refractivity contribution in [3.63, 3.8) is 0 Å². The molecule has 0 saturated heterocycles. The molecule has 1 aromatic heterocycles. The minimum absolute atomic E-state index is 0.164. The lowest BCUT2D eigenvalue weighted by Gasteiger charge is -2.09. The van der Waals surface area contributed by atoms with Gasteiger partial charge in [-0.1, -0.05) is 18.2 Å². The fourth-order valence-electron chi connectivity index (χ4n) is 2.63. The summed E-state index contributed by atoms with van der Waals surface area (Å²) in [5.74, 6) is 0.700. The maximum atomic E-state index is 12.4. The van der Waals surface area contributed by atoms with Gasteiger partial charge in [-0.25, -0.2) is 8.42 Å². The highest BCUT2D eigenvalue weighted by atomic mass is 32.2. The zero-order valence-corrected chi connectivity index (χ0v) is 15.6. The van der Waals surface area contributed by atoms with Crippen molar-refractivity contribution in [2.24, 2.45) is 0 Å². The summed E-state index contributed by atoms with van der Waals surface area (Å²) >= 11 is 0. The quantitative estimate of drug-likeness (QED) is 0.712. The Hall–Kier alpha value is -2.93. The van der Waals surface area contributed by atoms with Gasteiger partial charge in [-0.3, -0.25) is 4.72 Å². The first-order valence-electron chi connectivity index (χ1n) is 8.10. The molecule has 7 heteroatoms. The Bertz CT molecular complexity index is 1010. The van der Waals surface area contributed by atoms with Crippen LogP contribution in [0.4, 0.5) is 17.3 Å². The van der Waals surface area contributed by atoms with Gasteiger partial charge in [-0.05, 0) is 73.9 Å². The zero-order valence-electron chi connectivity index (χ0n) is 14.8. The van der Waals surface area contributed by atoms with E-state index in [0.29, 0.717) is 5.82 Å². The van der Waals surface area contributed by atoms with Crippen LogP contribution in [0.15, 0.2) is 59.5 Å². The van der Waals surface area contributed by atoms with Gasteiger partial charge in [-0.2, -0.15) is 0 Å². The molecule has 0 aliphatic rings. The Kier molecular flexibility index (Phi) is 4.90. The number of nitrogens with one attached hydrogen (secondary N) is 2. The van der Waals surface area contributed by atoms with Gasteiger partial charge in [0.1, 0.15) is 0 Å². The summed E-state index contributed by atoms with van der Waals surface area (Å²) in [6.45, 7) is 5.88. The third-order valence-electron chi connectivity index (χ3n) is 3.70. The molecule has 0 bridgehead atoms. The van der Waals surface area contributed by atoms with Crippen molar-refractivity contribution < 1.29 is 8.42 Å². The maximum Gasteiger partial charge on any atom is 0.263 e. The Morgan fingerprint density at radius 3 is 2.04 bits per heavy atom. The van der Waals surface area contributed by atoms with Gasteiger partial charge in [0.25, 0.3) is 10.0 Å². The molecule has 1 heterocycles. The van der Waals surface area contributed by atoms with E-state index in [9.17, 15) is 8.42 Å². The van der Waals surface area contributed by atoms with Crippen LogP contribution in [0.5, 0.6) is 0 Å². The highest BCUT2D eigenvalue weighted by Crippen LogP contribution is 2.19. The standard InChI is InChI=1S/C19H20N4O2S/c1-13-5-4-6-17(12-13)26(24,25)23-19-8-7-18(21-22-19)20-16-10-14(2)9-15(3)11-16/h4-12H,1-3H3,(H,20,21)(H,22,23). The van der Waals surface area contributed by atoms with Crippen molar-refractivity contribution in [1.82, 2.24) is 10.2 Å². The van der Waals surface area contributed by atoms with Gasteiger partial charge < -0.3 is 5.32 Å². The first kappa shape index (κ1) is 17.9. The summed E-state index contributed by atoms with van der Waals surface area (Å²) in [5.41, 5.74) is 4.06. The highest BCUT2D eigenvalue weighted by molar-refractivity contribution is 7.92. The first-order chi connectivity index (χ1) is 12.3. The van der Waals surface area contributed by atoms with Crippen LogP contribution >= 0.6 is 0 Å². The Morgan fingerprint density at radius 2 is 1.42 bits per heavy atom. The van der Waals surface area contributed by atoms with Crippen LogP contribution in [0.25, 0.3) is 0 Å². The third kappa shape index (κ3) is 4.37. The van der Waals surface area contributed by atoms with E-state index >= 15 is 0 Å². The molecule has 0 unspecified atom stereocenters. The largest absolute Gasteiger partial charge is 0.339 e. The van der Waals surface area contributed by atoms with E-state index in [2.05, 4.69) is 26.3 Å². The smallest absolute Gasteiger partial charge is 0.263 e. The van der Waals surface area contributed by atoms with E-state index in [1.54, 1.807) is 30.3 Å². The minimum Gasteiger partial charge on any atom is -0.339 e. The molecule has 0 aliphatic heterocycles. The summed E-state index contributed by atoms with van der Waals surface area (Å²) < 4.78 is 27.3. The van der Waals surface area contributed by atoms with Gasteiger partial charge >= 0.3 is 0 Å². The second kappa shape index (κ2) is 7.13. The molecule has 0 atom stereocenters. The Morgan fingerprint density at radius 1 is 0.769 bits per heavy atom. The summed E-state index contributed by atoms with van der Waals surface area (Å²) in [4.78, 5) is 0.191. The Balaban J connectivity index is 1.75. The molecular formula is C19H20N4O2S.